The summed E-state index contributed by atoms with van der Waals surface area (Å²) in [7, 11) is 0. The van der Waals surface area contributed by atoms with Crippen molar-refractivity contribution in [2.45, 2.75) is 159 Å². The summed E-state index contributed by atoms with van der Waals surface area (Å²) < 4.78 is 0. The lowest BCUT2D eigenvalue weighted by molar-refractivity contribution is -0.175. The summed E-state index contributed by atoms with van der Waals surface area (Å²) in [6, 6.07) is 0. The Morgan fingerprint density at radius 2 is 1.23 bits per heavy atom. The largest absolute Gasteiger partial charge is 0.394 e. The maximum absolute atomic E-state index is 13.8. The van der Waals surface area contributed by atoms with Crippen molar-refractivity contribution in [1.29, 1.82) is 0 Å². The second-order valence-electron chi connectivity index (χ2n) is 18.9. The Bertz CT molecular complexity index is 1350. The van der Waals surface area contributed by atoms with E-state index in [1.54, 1.807) is 4.90 Å². The van der Waals surface area contributed by atoms with Crippen LogP contribution in [0.25, 0.3) is 0 Å². The van der Waals surface area contributed by atoms with Crippen molar-refractivity contribution in [3.05, 3.63) is 0 Å². The molecule has 4 rings (SSSR count). The van der Waals surface area contributed by atoms with Gasteiger partial charge in [-0.3, -0.25) is 14.4 Å². The zero-order valence-electron chi connectivity index (χ0n) is 35.5. The zero-order valence-corrected chi connectivity index (χ0v) is 35.5. The molecular weight excluding hydrogens is 786 g/mol. The van der Waals surface area contributed by atoms with Crippen molar-refractivity contribution in [2.75, 3.05) is 39.4 Å². The van der Waals surface area contributed by atoms with Gasteiger partial charge in [-0.2, -0.15) is 0 Å². The van der Waals surface area contributed by atoms with E-state index in [4.69, 9.17) is 10.2 Å². The van der Waals surface area contributed by atoms with Gasteiger partial charge in [0.25, 0.3) is 11.8 Å². The van der Waals surface area contributed by atoms with Crippen LogP contribution in [0.5, 0.6) is 0 Å². The molecule has 18 atom stereocenters. The summed E-state index contributed by atoms with van der Waals surface area (Å²) >= 11 is 0. The minimum Gasteiger partial charge on any atom is -0.394 e. The number of carbonyl (C=O) groups is 3. The molecule has 3 amide bonds. The first-order valence-electron chi connectivity index (χ1n) is 22.1. The van der Waals surface area contributed by atoms with E-state index < -0.39 is 80.0 Å². The molecule has 0 unspecified atom stereocenters. The van der Waals surface area contributed by atoms with Gasteiger partial charge in [0.1, 0.15) is 36.6 Å². The van der Waals surface area contributed by atoms with Crippen LogP contribution < -0.4 is 10.6 Å². The van der Waals surface area contributed by atoms with Crippen LogP contribution in [0, 0.1) is 46.3 Å². The smallest absolute Gasteiger partial charge is 0.251 e. The van der Waals surface area contributed by atoms with Crippen molar-refractivity contribution < 1.29 is 75.7 Å². The van der Waals surface area contributed by atoms with E-state index in [1.807, 2.05) is 0 Å². The molecule has 4 fully saturated rings. The van der Waals surface area contributed by atoms with Gasteiger partial charge in [0.15, 0.2) is 12.2 Å². The summed E-state index contributed by atoms with van der Waals surface area (Å²) in [6.07, 6.45) is -7.85. The molecule has 0 radical (unpaired) electrons. The summed E-state index contributed by atoms with van der Waals surface area (Å²) in [5, 5.41) is 124. The Morgan fingerprint density at radius 1 is 0.700 bits per heavy atom. The summed E-state index contributed by atoms with van der Waals surface area (Å²) in [4.78, 5) is 40.3. The molecule has 0 aliphatic heterocycles. The number of hydrogen-bond acceptors (Lipinski definition) is 15. The monoisotopic (exact) mass is 862 g/mol. The predicted octanol–water partition coefficient (Wildman–Crippen LogP) is -2.89. The molecule has 0 aromatic rings. The summed E-state index contributed by atoms with van der Waals surface area (Å²) in [5.41, 5.74) is -0.164. The first kappa shape index (κ1) is 50.6. The van der Waals surface area contributed by atoms with Crippen molar-refractivity contribution in [3.8, 4) is 0 Å². The molecule has 0 aromatic carbocycles. The third-order valence-corrected chi connectivity index (χ3v) is 15.5. The number of rotatable bonds is 22. The van der Waals surface area contributed by atoms with Crippen molar-refractivity contribution in [1.82, 2.24) is 15.5 Å². The molecule has 0 saturated heterocycles. The Labute approximate surface area is 353 Å². The Morgan fingerprint density at radius 3 is 1.75 bits per heavy atom. The molecule has 14 N–H and O–H groups in total. The topological polar surface area (TPSA) is 321 Å². The van der Waals surface area contributed by atoms with Crippen LogP contribution in [0.2, 0.25) is 0 Å². The fraction of sp³-hybridized carbons (Fsp3) is 0.929. The average molecular weight is 862 g/mol. The highest BCUT2D eigenvalue weighted by Gasteiger charge is 2.63. The van der Waals surface area contributed by atoms with E-state index in [0.717, 1.165) is 51.4 Å². The lowest BCUT2D eigenvalue weighted by Crippen LogP contribution is -2.58. The van der Waals surface area contributed by atoms with E-state index in [0.29, 0.717) is 30.1 Å². The lowest BCUT2D eigenvalue weighted by atomic mass is 9.43. The molecule has 0 spiro atoms. The van der Waals surface area contributed by atoms with Crippen LogP contribution in [0.15, 0.2) is 0 Å². The molecule has 0 bridgehead atoms. The van der Waals surface area contributed by atoms with Gasteiger partial charge in [-0.15, -0.1) is 0 Å². The predicted molar refractivity (Wildman–Crippen MR) is 215 cm³/mol. The second-order valence-corrected chi connectivity index (χ2v) is 18.9. The van der Waals surface area contributed by atoms with Crippen LogP contribution in [0.4, 0.5) is 0 Å². The maximum atomic E-state index is 13.8. The van der Waals surface area contributed by atoms with E-state index in [2.05, 4.69) is 31.4 Å². The van der Waals surface area contributed by atoms with E-state index in [-0.39, 0.29) is 80.1 Å². The van der Waals surface area contributed by atoms with Crippen LogP contribution in [-0.4, -0.2) is 184 Å². The molecule has 60 heavy (non-hydrogen) atoms. The van der Waals surface area contributed by atoms with Gasteiger partial charge in [-0.05, 0) is 117 Å². The van der Waals surface area contributed by atoms with Gasteiger partial charge < -0.3 is 76.8 Å². The molecule has 4 saturated carbocycles. The molecule has 4 aliphatic rings. The SMILES string of the molecule is C[C@@H](CCC(=O)N(CCCNC(=O)[C@@H](O)[C@H](O)[C@@H](O)[C@@H](O)CO)CCCNC(=O)[C@H](O)[C@@H](O)[C@H](O)[C@H](O)CO)[C@@H]1CC[C@@H]2[C@@H]3CC[C@H]4C[C@H](O)CC[C@]4(C)[C@H]3C[C@H](O)[C@@]21C. The molecular formula is C42H75N3O15. The lowest BCUT2D eigenvalue weighted by Gasteiger charge is -2.62. The van der Waals surface area contributed by atoms with Crippen molar-refractivity contribution >= 4 is 17.7 Å². The molecule has 348 valence electrons. The third kappa shape index (κ3) is 11.2. The van der Waals surface area contributed by atoms with Gasteiger partial charge in [0, 0.05) is 32.6 Å². The minimum absolute atomic E-state index is 0.0491. The number of nitrogens with zero attached hydrogens (tertiary/aromatic N) is 1. The zero-order chi connectivity index (χ0) is 44.7. The summed E-state index contributed by atoms with van der Waals surface area (Å²) in [5.74, 6) is -0.145. The Hall–Kier alpha value is -2.07. The number of carbonyl (C=O) groups excluding carboxylic acids is 3. The Balaban J connectivity index is 1.35. The van der Waals surface area contributed by atoms with Gasteiger partial charge in [-0.25, -0.2) is 0 Å². The third-order valence-electron chi connectivity index (χ3n) is 15.5. The quantitative estimate of drug-likeness (QED) is 0.0486. The Kier molecular flexibility index (Phi) is 18.6. The standard InChI is InChI=1S/C42H75N3O15/c1-22(26-9-10-27-25-8-7-23-18-24(48)12-13-41(23,2)28(25)19-31(51)42(26,27)3)6-11-32(52)45(16-4-14-43-39(59)37(57)35(55)33(53)29(49)20-46)17-5-15-44-40(60)38(58)36(56)34(54)30(50)21-47/h22-31,33-38,46-51,53-58H,4-21H2,1-3H3,(H,43,59)(H,44,60)/t22-,23-,24+,25-,26-,27+,28-,29-,30+,31-,33-,34+,35+,36-,37-,38+,41-,42+/m0/s1. The highest BCUT2D eigenvalue weighted by atomic mass is 16.4. The van der Waals surface area contributed by atoms with Crippen LogP contribution >= 0.6 is 0 Å². The number of hydrogen-bond donors (Lipinski definition) is 14. The number of fused-ring (bicyclic) bond motifs is 5. The van der Waals surface area contributed by atoms with Crippen molar-refractivity contribution in [2.24, 2.45) is 46.3 Å². The van der Waals surface area contributed by atoms with Crippen molar-refractivity contribution in [3.63, 3.8) is 0 Å². The van der Waals surface area contributed by atoms with Crippen LogP contribution in [0.1, 0.15) is 97.8 Å². The number of aliphatic hydroxyl groups is 12. The van der Waals surface area contributed by atoms with Gasteiger partial charge in [0.2, 0.25) is 5.91 Å². The second kappa shape index (κ2) is 22.0. The molecule has 18 nitrogen and oxygen atoms in total. The molecule has 0 aromatic heterocycles. The fourth-order valence-electron chi connectivity index (χ4n) is 11.8. The first-order valence-corrected chi connectivity index (χ1v) is 22.1. The van der Waals surface area contributed by atoms with E-state index >= 15 is 0 Å². The molecule has 4 aliphatic carbocycles. The number of aliphatic hydroxyl groups excluding tert-OH is 12. The van der Waals surface area contributed by atoms with E-state index in [9.17, 15) is 65.4 Å². The highest BCUT2D eigenvalue weighted by molar-refractivity contribution is 5.81. The van der Waals surface area contributed by atoms with Gasteiger partial charge >= 0.3 is 0 Å². The number of amides is 3. The molecule has 0 heterocycles. The normalized spacial score (nSPS) is 34.6. The van der Waals surface area contributed by atoms with Gasteiger partial charge in [0.05, 0.1) is 25.4 Å². The summed E-state index contributed by atoms with van der Waals surface area (Å²) in [6.45, 7) is 5.15. The van der Waals surface area contributed by atoms with Crippen LogP contribution in [0.3, 0.4) is 0 Å². The fourth-order valence-corrected chi connectivity index (χ4v) is 11.8. The minimum atomic E-state index is -2.11. The first-order chi connectivity index (χ1) is 28.2. The number of nitrogens with one attached hydrogen (secondary N) is 2. The maximum Gasteiger partial charge on any atom is 0.251 e. The highest BCUT2D eigenvalue weighted by Crippen LogP contribution is 2.68. The average Bonchev–Trinajstić information content (AvgIpc) is 3.61. The van der Waals surface area contributed by atoms with Crippen LogP contribution in [-0.2, 0) is 14.4 Å². The molecule has 18 heteroatoms. The van der Waals surface area contributed by atoms with E-state index in [1.165, 1.54) is 0 Å². The van der Waals surface area contributed by atoms with Gasteiger partial charge in [-0.1, -0.05) is 20.8 Å².